The van der Waals surface area contributed by atoms with E-state index in [1.807, 2.05) is 12.1 Å². The van der Waals surface area contributed by atoms with Crippen molar-refractivity contribution in [3.8, 4) is 0 Å². The number of hydrogen-bond donors (Lipinski definition) is 0. The maximum absolute atomic E-state index is 12.3. The molecule has 0 fully saturated rings. The molecule has 0 aliphatic rings. The molecule has 0 saturated heterocycles. The molecule has 0 aliphatic heterocycles. The molecule has 134 valence electrons. The van der Waals surface area contributed by atoms with Crippen molar-refractivity contribution in [1.29, 1.82) is 0 Å². The van der Waals surface area contributed by atoms with Gasteiger partial charge >= 0.3 is 0 Å². The molecule has 0 saturated carbocycles. The van der Waals surface area contributed by atoms with Crippen molar-refractivity contribution in [2.24, 2.45) is 0 Å². The number of nitrogens with zero attached hydrogens (tertiary/aromatic N) is 2. The first-order valence-electron chi connectivity index (χ1n) is 8.68. The van der Waals surface area contributed by atoms with Crippen molar-refractivity contribution >= 4 is 5.91 Å². The molecule has 1 amide bonds. The standard InChI is InChI=1S/C21H28N2O2/c1-17(15-21(24)22(3)25-4)23(16-19-11-7-5-8-12-19)18(2)20-13-9-6-10-14-20/h5-14,17-18H,15-16H2,1-4H3/t17?,18-/m1/s1. The van der Waals surface area contributed by atoms with Crippen molar-refractivity contribution in [3.63, 3.8) is 0 Å². The molecular weight excluding hydrogens is 312 g/mol. The maximum Gasteiger partial charge on any atom is 0.247 e. The Morgan fingerprint density at radius 3 is 2.12 bits per heavy atom. The highest BCUT2D eigenvalue weighted by atomic mass is 16.7. The number of carbonyl (C=O) groups is 1. The third-order valence-corrected chi connectivity index (χ3v) is 4.65. The molecule has 2 aromatic rings. The van der Waals surface area contributed by atoms with Crippen LogP contribution >= 0.6 is 0 Å². The molecule has 2 atom stereocenters. The largest absolute Gasteiger partial charge is 0.289 e. The quantitative estimate of drug-likeness (QED) is 0.680. The molecule has 0 N–H and O–H groups in total. The number of hydrogen-bond acceptors (Lipinski definition) is 3. The summed E-state index contributed by atoms with van der Waals surface area (Å²) in [7, 11) is 3.16. The topological polar surface area (TPSA) is 32.8 Å². The summed E-state index contributed by atoms with van der Waals surface area (Å²) < 4.78 is 0. The van der Waals surface area contributed by atoms with Crippen molar-refractivity contribution in [2.75, 3.05) is 14.2 Å². The van der Waals surface area contributed by atoms with Crippen LogP contribution in [-0.4, -0.2) is 36.1 Å². The molecule has 4 nitrogen and oxygen atoms in total. The molecular formula is C21H28N2O2. The number of benzene rings is 2. The fraction of sp³-hybridized carbons (Fsp3) is 0.381. The zero-order valence-corrected chi connectivity index (χ0v) is 15.6. The Bertz CT molecular complexity index is 645. The van der Waals surface area contributed by atoms with Crippen LogP contribution in [0.2, 0.25) is 0 Å². The minimum absolute atomic E-state index is 0.0201. The van der Waals surface area contributed by atoms with Gasteiger partial charge in [0, 0.05) is 32.1 Å². The second-order valence-corrected chi connectivity index (χ2v) is 6.37. The molecule has 4 heteroatoms. The van der Waals surface area contributed by atoms with E-state index in [0.29, 0.717) is 6.42 Å². The minimum atomic E-state index is -0.0201. The van der Waals surface area contributed by atoms with Gasteiger partial charge in [-0.15, -0.1) is 0 Å². The van der Waals surface area contributed by atoms with Gasteiger partial charge in [-0.25, -0.2) is 5.06 Å². The van der Waals surface area contributed by atoms with Gasteiger partial charge in [0.15, 0.2) is 0 Å². The third-order valence-electron chi connectivity index (χ3n) is 4.65. The van der Waals surface area contributed by atoms with Crippen molar-refractivity contribution in [2.45, 2.75) is 38.9 Å². The molecule has 0 spiro atoms. The van der Waals surface area contributed by atoms with E-state index < -0.39 is 0 Å². The summed E-state index contributed by atoms with van der Waals surface area (Å²) >= 11 is 0. The zero-order chi connectivity index (χ0) is 18.2. The minimum Gasteiger partial charge on any atom is -0.289 e. The van der Waals surface area contributed by atoms with Gasteiger partial charge in [0.05, 0.1) is 7.11 Å². The van der Waals surface area contributed by atoms with E-state index in [4.69, 9.17) is 4.84 Å². The first kappa shape index (κ1) is 19.2. The third kappa shape index (κ3) is 5.41. The van der Waals surface area contributed by atoms with E-state index >= 15 is 0 Å². The normalized spacial score (nSPS) is 13.5. The van der Waals surface area contributed by atoms with Crippen LogP contribution in [0.15, 0.2) is 60.7 Å². The van der Waals surface area contributed by atoms with Gasteiger partial charge in [-0.1, -0.05) is 60.7 Å². The molecule has 0 heterocycles. The summed E-state index contributed by atoms with van der Waals surface area (Å²) in [6.07, 6.45) is 0.411. The Labute approximate surface area is 151 Å². The molecule has 0 radical (unpaired) electrons. The Morgan fingerprint density at radius 1 is 1.00 bits per heavy atom. The van der Waals surface area contributed by atoms with E-state index in [1.54, 1.807) is 7.05 Å². The molecule has 25 heavy (non-hydrogen) atoms. The van der Waals surface area contributed by atoms with E-state index in [9.17, 15) is 4.79 Å². The first-order chi connectivity index (χ1) is 12.0. The lowest BCUT2D eigenvalue weighted by atomic mass is 10.0. The predicted molar refractivity (Wildman–Crippen MR) is 101 cm³/mol. The Balaban J connectivity index is 2.20. The average Bonchev–Trinajstić information content (AvgIpc) is 2.66. The summed E-state index contributed by atoms with van der Waals surface area (Å²) in [5.74, 6) is -0.0201. The monoisotopic (exact) mass is 340 g/mol. The van der Waals surface area contributed by atoms with Crippen LogP contribution in [0, 0.1) is 0 Å². The number of rotatable bonds is 8. The van der Waals surface area contributed by atoms with Gasteiger partial charge in [-0.3, -0.25) is 14.5 Å². The van der Waals surface area contributed by atoms with E-state index in [2.05, 4.69) is 67.3 Å². The first-order valence-corrected chi connectivity index (χ1v) is 8.68. The summed E-state index contributed by atoms with van der Waals surface area (Å²) in [5.41, 5.74) is 2.49. The number of hydroxylamine groups is 2. The van der Waals surface area contributed by atoms with E-state index in [1.165, 1.54) is 23.3 Å². The zero-order valence-electron chi connectivity index (χ0n) is 15.6. The summed E-state index contributed by atoms with van der Waals surface area (Å²) in [4.78, 5) is 19.7. The smallest absolute Gasteiger partial charge is 0.247 e. The number of amides is 1. The highest BCUT2D eigenvalue weighted by molar-refractivity contribution is 5.75. The van der Waals surface area contributed by atoms with E-state index in [0.717, 1.165) is 6.54 Å². The van der Waals surface area contributed by atoms with Gasteiger partial charge in [0.25, 0.3) is 0 Å². The predicted octanol–water partition coefficient (Wildman–Crippen LogP) is 4.05. The molecule has 0 aromatic heterocycles. The molecule has 2 aromatic carbocycles. The second kappa shape index (κ2) is 9.35. The van der Waals surface area contributed by atoms with Crippen LogP contribution in [0.4, 0.5) is 0 Å². The fourth-order valence-corrected chi connectivity index (χ4v) is 2.99. The summed E-state index contributed by atoms with van der Waals surface area (Å²) in [5, 5.41) is 1.30. The highest BCUT2D eigenvalue weighted by Crippen LogP contribution is 2.26. The van der Waals surface area contributed by atoms with Gasteiger partial charge in [-0.05, 0) is 25.0 Å². The van der Waals surface area contributed by atoms with Crippen molar-refractivity contribution in [1.82, 2.24) is 9.96 Å². The van der Waals surface area contributed by atoms with Crippen LogP contribution in [-0.2, 0) is 16.2 Å². The van der Waals surface area contributed by atoms with Gasteiger partial charge in [0.1, 0.15) is 0 Å². The van der Waals surface area contributed by atoms with Crippen LogP contribution in [0.5, 0.6) is 0 Å². The van der Waals surface area contributed by atoms with Crippen molar-refractivity contribution < 1.29 is 9.63 Å². The fourth-order valence-electron chi connectivity index (χ4n) is 2.99. The van der Waals surface area contributed by atoms with Crippen LogP contribution in [0.25, 0.3) is 0 Å². The lowest BCUT2D eigenvalue weighted by molar-refractivity contribution is -0.170. The summed E-state index contributed by atoms with van der Waals surface area (Å²) in [6.45, 7) is 5.09. The van der Waals surface area contributed by atoms with Gasteiger partial charge in [0.2, 0.25) is 5.91 Å². The Hall–Kier alpha value is -2.17. The van der Waals surface area contributed by atoms with Crippen LogP contribution < -0.4 is 0 Å². The second-order valence-electron chi connectivity index (χ2n) is 6.37. The van der Waals surface area contributed by atoms with Crippen LogP contribution in [0.1, 0.15) is 37.4 Å². The van der Waals surface area contributed by atoms with Gasteiger partial charge in [-0.2, -0.15) is 0 Å². The van der Waals surface area contributed by atoms with Crippen molar-refractivity contribution in [3.05, 3.63) is 71.8 Å². The molecule has 1 unspecified atom stereocenters. The van der Waals surface area contributed by atoms with Gasteiger partial charge < -0.3 is 0 Å². The molecule has 0 bridgehead atoms. The summed E-state index contributed by atoms with van der Waals surface area (Å²) in [6, 6.07) is 21.1. The maximum atomic E-state index is 12.3. The lowest BCUT2D eigenvalue weighted by Gasteiger charge is -2.35. The lowest BCUT2D eigenvalue weighted by Crippen LogP contribution is -2.39. The van der Waals surface area contributed by atoms with Crippen LogP contribution in [0.3, 0.4) is 0 Å². The van der Waals surface area contributed by atoms with E-state index in [-0.39, 0.29) is 18.0 Å². The average molecular weight is 340 g/mol. The molecule has 0 aliphatic carbocycles. The number of carbonyl (C=O) groups excluding carboxylic acids is 1. The Morgan fingerprint density at radius 2 is 1.56 bits per heavy atom. The SMILES string of the molecule is CON(C)C(=O)CC(C)N(Cc1ccccc1)[C@H](C)c1ccccc1. The Kier molecular flexibility index (Phi) is 7.16. The highest BCUT2D eigenvalue weighted by Gasteiger charge is 2.24. The molecule has 2 rings (SSSR count).